The van der Waals surface area contributed by atoms with Crippen molar-refractivity contribution >= 4 is 17.1 Å². The molecular formula is C21H15NO5. The van der Waals surface area contributed by atoms with Gasteiger partial charge in [-0.25, -0.2) is 4.79 Å². The molecule has 27 heavy (non-hydrogen) atoms. The van der Waals surface area contributed by atoms with Gasteiger partial charge in [0.05, 0.1) is 16.6 Å². The summed E-state index contributed by atoms with van der Waals surface area (Å²) in [5, 5.41) is 9.81. The summed E-state index contributed by atoms with van der Waals surface area (Å²) in [7, 11) is 0. The van der Waals surface area contributed by atoms with Gasteiger partial charge in [-0.3, -0.25) is 9.59 Å². The Kier molecular flexibility index (Phi) is 3.88. The van der Waals surface area contributed by atoms with Crippen molar-refractivity contribution in [3.05, 3.63) is 90.9 Å². The second kappa shape index (κ2) is 6.25. The third-order valence-electron chi connectivity index (χ3n) is 4.59. The van der Waals surface area contributed by atoms with Gasteiger partial charge in [0.2, 0.25) is 10.8 Å². The number of nitrogens with one attached hydrogen (secondary N) is 1. The Morgan fingerprint density at radius 3 is 2.41 bits per heavy atom. The Labute approximate surface area is 152 Å². The number of aromatic nitrogens is 1. The molecule has 2 aliphatic rings. The summed E-state index contributed by atoms with van der Waals surface area (Å²) in [6.07, 6.45) is 0.805. The Morgan fingerprint density at radius 1 is 1.04 bits per heavy atom. The van der Waals surface area contributed by atoms with Crippen molar-refractivity contribution in [3.63, 3.8) is 0 Å². The van der Waals surface area contributed by atoms with Crippen LogP contribution in [0.3, 0.4) is 0 Å². The molecule has 134 valence electrons. The van der Waals surface area contributed by atoms with E-state index in [1.165, 1.54) is 0 Å². The molecule has 1 aliphatic heterocycles. The van der Waals surface area contributed by atoms with Crippen molar-refractivity contribution < 1.29 is 14.3 Å². The van der Waals surface area contributed by atoms with E-state index in [2.05, 4.69) is 4.98 Å². The highest BCUT2D eigenvalue weighted by molar-refractivity contribution is 5.96. The summed E-state index contributed by atoms with van der Waals surface area (Å²) in [6.45, 7) is 1.99. The Morgan fingerprint density at radius 2 is 1.74 bits per heavy atom. The molecule has 0 spiro atoms. The predicted octanol–water partition coefficient (Wildman–Crippen LogP) is 3.13. The van der Waals surface area contributed by atoms with Crippen LogP contribution in [-0.4, -0.2) is 16.1 Å². The first kappa shape index (κ1) is 16.8. The first-order chi connectivity index (χ1) is 13.0. The largest absolute Gasteiger partial charge is 0.478 e. The molecule has 1 aliphatic carbocycles. The number of carboxylic acid groups (broad SMARTS) is 1. The minimum atomic E-state index is -1.31. The summed E-state index contributed by atoms with van der Waals surface area (Å²) in [4.78, 5) is 40.4. The summed E-state index contributed by atoms with van der Waals surface area (Å²) in [5.41, 5.74) is -0.143. The number of carboxylic acids is 1. The van der Waals surface area contributed by atoms with Crippen LogP contribution in [0, 0.1) is 10.8 Å². The third-order valence-corrected chi connectivity index (χ3v) is 4.59. The highest BCUT2D eigenvalue weighted by Crippen LogP contribution is 2.23. The van der Waals surface area contributed by atoms with E-state index in [-0.39, 0.29) is 21.9 Å². The van der Waals surface area contributed by atoms with Gasteiger partial charge in [-0.2, -0.15) is 0 Å². The van der Waals surface area contributed by atoms with Crippen molar-refractivity contribution in [2.45, 2.75) is 13.3 Å². The molecule has 2 aromatic carbocycles. The molecule has 2 aromatic rings. The number of hydrogen-bond donors (Lipinski definition) is 2. The summed E-state index contributed by atoms with van der Waals surface area (Å²) >= 11 is 0. The Balaban J connectivity index is 2.21. The van der Waals surface area contributed by atoms with Crippen LogP contribution in [-0.2, 0) is 6.42 Å². The second-order valence-corrected chi connectivity index (χ2v) is 6.19. The lowest BCUT2D eigenvalue weighted by Crippen LogP contribution is -2.30. The molecule has 0 unspecified atom stereocenters. The number of H-pyrrole nitrogens is 1. The highest BCUT2D eigenvalue weighted by Gasteiger charge is 2.23. The number of aryl methyl sites for hydroxylation is 1. The van der Waals surface area contributed by atoms with Crippen molar-refractivity contribution in [2.75, 3.05) is 0 Å². The first-order valence-corrected chi connectivity index (χ1v) is 8.45. The second-order valence-electron chi connectivity index (χ2n) is 6.19. The Hall–Kier alpha value is -3.67. The number of benzene rings is 2. The van der Waals surface area contributed by atoms with Crippen LogP contribution in [0.2, 0.25) is 0 Å². The Bertz CT molecular complexity index is 1360. The maximum atomic E-state index is 12.7. The topological polar surface area (TPSA) is 100 Å². The smallest absolute Gasteiger partial charge is 0.338 e. The van der Waals surface area contributed by atoms with Gasteiger partial charge in [0.25, 0.3) is 5.43 Å². The van der Waals surface area contributed by atoms with E-state index in [1.807, 2.05) is 19.1 Å². The summed E-state index contributed by atoms with van der Waals surface area (Å²) in [6, 6.07) is 13.7. The number of aromatic carboxylic acids is 1. The van der Waals surface area contributed by atoms with Gasteiger partial charge in [-0.1, -0.05) is 43.3 Å². The molecule has 0 bridgehead atoms. The van der Waals surface area contributed by atoms with Crippen LogP contribution in [0.25, 0.3) is 22.2 Å². The van der Waals surface area contributed by atoms with Gasteiger partial charge in [-0.15, -0.1) is 0 Å². The van der Waals surface area contributed by atoms with Gasteiger partial charge in [0.1, 0.15) is 5.35 Å². The van der Waals surface area contributed by atoms with Crippen LogP contribution in [0.1, 0.15) is 22.8 Å². The van der Waals surface area contributed by atoms with E-state index in [0.717, 1.165) is 12.0 Å². The van der Waals surface area contributed by atoms with Crippen LogP contribution in [0.15, 0.2) is 62.5 Å². The van der Waals surface area contributed by atoms with Crippen molar-refractivity contribution in [2.24, 2.45) is 0 Å². The number of fused-ring (bicyclic) bond motifs is 1. The zero-order chi connectivity index (χ0) is 19.1. The first-order valence-electron chi connectivity index (χ1n) is 8.45. The number of rotatable bonds is 3. The quantitative estimate of drug-likeness (QED) is 0.546. The standard InChI is InChI=1S/C21H15NO5/c1-2-11-7-9-12(10-8-11)15-16(21(25)26)17-20(19(24)18(15)23)27-14-6-4-3-5-13(14)22-17/h3-10,22H,2H2,1H3,(H,25,26). The van der Waals surface area contributed by atoms with E-state index in [0.29, 0.717) is 16.7 Å². The van der Waals surface area contributed by atoms with Crippen molar-refractivity contribution in [3.8, 4) is 11.1 Å². The number of carbonyl (C=O) groups is 1. The maximum absolute atomic E-state index is 12.7. The molecule has 6 heteroatoms. The fraction of sp³-hybridized carbons (Fsp3) is 0.0952. The van der Waals surface area contributed by atoms with Crippen LogP contribution >= 0.6 is 0 Å². The lowest BCUT2D eigenvalue weighted by molar-refractivity contribution is 0.0695. The highest BCUT2D eigenvalue weighted by atomic mass is 16.4. The monoisotopic (exact) mass is 361 g/mol. The van der Waals surface area contributed by atoms with E-state index < -0.39 is 16.8 Å². The zero-order valence-electron chi connectivity index (χ0n) is 14.4. The fourth-order valence-electron chi connectivity index (χ4n) is 3.20. The molecule has 6 nitrogen and oxygen atoms in total. The SMILES string of the molecule is CCc1ccc(-c2c(C(=O)O)c3[nH]c4ccccc4oc=3c(=O)c2=O)cc1. The van der Waals surface area contributed by atoms with Gasteiger partial charge in [0, 0.05) is 0 Å². The lowest BCUT2D eigenvalue weighted by atomic mass is 9.97. The van der Waals surface area contributed by atoms with Crippen LogP contribution in [0.5, 0.6) is 0 Å². The van der Waals surface area contributed by atoms with E-state index >= 15 is 0 Å². The molecule has 0 amide bonds. The average molecular weight is 361 g/mol. The molecule has 0 atom stereocenters. The number of aromatic amines is 1. The molecular weight excluding hydrogens is 346 g/mol. The van der Waals surface area contributed by atoms with Gasteiger partial charge in [0.15, 0.2) is 5.58 Å². The number of para-hydroxylation sites is 2. The predicted molar refractivity (Wildman–Crippen MR) is 100 cm³/mol. The van der Waals surface area contributed by atoms with Gasteiger partial charge < -0.3 is 14.5 Å². The van der Waals surface area contributed by atoms with Crippen molar-refractivity contribution in [1.29, 1.82) is 0 Å². The maximum Gasteiger partial charge on any atom is 0.338 e. The molecule has 0 saturated carbocycles. The molecule has 4 rings (SSSR count). The minimum Gasteiger partial charge on any atom is -0.478 e. The van der Waals surface area contributed by atoms with Crippen LogP contribution < -0.4 is 10.9 Å². The van der Waals surface area contributed by atoms with Crippen molar-refractivity contribution in [1.82, 2.24) is 4.98 Å². The zero-order valence-corrected chi connectivity index (χ0v) is 14.4. The fourth-order valence-corrected chi connectivity index (χ4v) is 3.20. The molecule has 2 N–H and O–H groups in total. The summed E-state index contributed by atoms with van der Waals surface area (Å²) < 4.78 is 5.57. The molecule has 0 fully saturated rings. The molecule has 1 heterocycles. The van der Waals surface area contributed by atoms with E-state index in [9.17, 15) is 19.5 Å². The van der Waals surface area contributed by atoms with Gasteiger partial charge in [-0.05, 0) is 29.7 Å². The molecule has 0 aromatic heterocycles. The normalized spacial score (nSPS) is 11.1. The average Bonchev–Trinajstić information content (AvgIpc) is 2.69. The van der Waals surface area contributed by atoms with Crippen LogP contribution in [0.4, 0.5) is 0 Å². The summed E-state index contributed by atoms with van der Waals surface area (Å²) in [5.74, 6) is -1.31. The molecule has 0 saturated heterocycles. The number of hydrogen-bond acceptors (Lipinski definition) is 4. The third kappa shape index (κ3) is 2.62. The lowest BCUT2D eigenvalue weighted by Gasteiger charge is -2.08. The van der Waals surface area contributed by atoms with E-state index in [4.69, 9.17) is 4.42 Å². The molecule has 0 radical (unpaired) electrons. The van der Waals surface area contributed by atoms with E-state index in [1.54, 1.807) is 36.4 Å². The minimum absolute atomic E-state index is 0.000341. The van der Waals surface area contributed by atoms with Gasteiger partial charge >= 0.3 is 5.97 Å².